The first-order valence-corrected chi connectivity index (χ1v) is 9.04. The van der Waals surface area contributed by atoms with Crippen LogP contribution in [0.3, 0.4) is 0 Å². The monoisotopic (exact) mass is 420 g/mol. The van der Waals surface area contributed by atoms with Gasteiger partial charge in [0.15, 0.2) is 0 Å². The number of nitrogens with one attached hydrogen (secondary N) is 1. The maximum Gasteiger partial charge on any atom is 0.325 e. The molecule has 1 heterocycles. The number of halogens is 2. The summed E-state index contributed by atoms with van der Waals surface area (Å²) < 4.78 is 19.7. The summed E-state index contributed by atoms with van der Waals surface area (Å²) in [5.41, 5.74) is -0.601. The molecule has 0 saturated carbocycles. The Morgan fingerprint density at radius 3 is 2.58 bits per heavy atom. The lowest BCUT2D eigenvalue weighted by molar-refractivity contribution is -0.132. The van der Waals surface area contributed by atoms with E-state index in [4.69, 9.17) is 4.74 Å². The van der Waals surface area contributed by atoms with E-state index in [9.17, 15) is 14.0 Å². The average Bonchev–Trinajstić information content (AvgIpc) is 2.87. The molecule has 0 bridgehead atoms. The van der Waals surface area contributed by atoms with E-state index in [0.29, 0.717) is 17.7 Å². The smallest absolute Gasteiger partial charge is 0.325 e. The standard InChI is InChI=1S/C19H18BrFN2O3/c1-2-19(13-6-8-15(21)9-7-13)17(24)23(18(25)22-19)10-11-26-16-5-3-4-14(20)12-16/h3-9,12H,2,10-11H2,1H3,(H,22,25). The number of carbonyl (C=O) groups excluding carboxylic acids is 2. The van der Waals surface area contributed by atoms with Crippen molar-refractivity contribution in [2.75, 3.05) is 13.2 Å². The molecular weight excluding hydrogens is 403 g/mol. The second kappa shape index (κ2) is 7.45. The minimum absolute atomic E-state index is 0.125. The van der Waals surface area contributed by atoms with Crippen LogP contribution < -0.4 is 10.1 Å². The lowest BCUT2D eigenvalue weighted by Crippen LogP contribution is -2.43. The summed E-state index contributed by atoms with van der Waals surface area (Å²) in [6.45, 7) is 2.11. The summed E-state index contributed by atoms with van der Waals surface area (Å²) in [4.78, 5) is 26.4. The van der Waals surface area contributed by atoms with E-state index in [1.54, 1.807) is 12.1 Å². The topological polar surface area (TPSA) is 58.6 Å². The highest BCUT2D eigenvalue weighted by molar-refractivity contribution is 9.10. The number of amides is 3. The Bertz CT molecular complexity index is 828. The Balaban J connectivity index is 1.72. The molecule has 1 aliphatic rings. The highest BCUT2D eigenvalue weighted by atomic mass is 79.9. The minimum atomic E-state index is -1.17. The zero-order valence-corrected chi connectivity index (χ0v) is 15.8. The first-order valence-electron chi connectivity index (χ1n) is 8.25. The zero-order chi connectivity index (χ0) is 18.7. The van der Waals surface area contributed by atoms with Gasteiger partial charge in [0.05, 0.1) is 6.54 Å². The van der Waals surface area contributed by atoms with Gasteiger partial charge in [0.1, 0.15) is 23.7 Å². The third kappa shape index (κ3) is 3.44. The van der Waals surface area contributed by atoms with E-state index in [0.717, 1.165) is 9.37 Å². The van der Waals surface area contributed by atoms with Crippen molar-refractivity contribution in [1.29, 1.82) is 0 Å². The quantitative estimate of drug-likeness (QED) is 0.722. The summed E-state index contributed by atoms with van der Waals surface area (Å²) >= 11 is 3.36. The number of imide groups is 1. The first kappa shape index (κ1) is 18.4. The number of nitrogens with zero attached hydrogens (tertiary/aromatic N) is 1. The minimum Gasteiger partial charge on any atom is -0.492 e. The van der Waals surface area contributed by atoms with E-state index in [2.05, 4.69) is 21.2 Å². The lowest BCUT2D eigenvalue weighted by Gasteiger charge is -2.25. The van der Waals surface area contributed by atoms with E-state index in [-0.39, 0.29) is 19.1 Å². The van der Waals surface area contributed by atoms with Crippen molar-refractivity contribution >= 4 is 27.9 Å². The third-order valence-electron chi connectivity index (χ3n) is 4.42. The van der Waals surface area contributed by atoms with Crippen molar-refractivity contribution < 1.29 is 18.7 Å². The van der Waals surface area contributed by atoms with Crippen molar-refractivity contribution in [2.24, 2.45) is 0 Å². The van der Waals surface area contributed by atoms with Crippen molar-refractivity contribution in [3.8, 4) is 5.75 Å². The molecule has 2 aromatic rings. The summed E-state index contributed by atoms with van der Waals surface area (Å²) in [6, 6.07) is 12.5. The molecule has 1 atom stereocenters. The molecule has 1 fully saturated rings. The molecule has 0 aromatic heterocycles. The number of rotatable bonds is 6. The Hall–Kier alpha value is -2.41. The van der Waals surface area contributed by atoms with Gasteiger partial charge < -0.3 is 10.1 Å². The maximum absolute atomic E-state index is 13.2. The number of hydrogen-bond acceptors (Lipinski definition) is 3. The van der Waals surface area contributed by atoms with Crippen LogP contribution in [-0.2, 0) is 10.3 Å². The maximum atomic E-state index is 13.2. The largest absolute Gasteiger partial charge is 0.492 e. The van der Waals surface area contributed by atoms with Crippen LogP contribution in [0.15, 0.2) is 53.0 Å². The molecule has 136 valence electrons. The molecule has 0 aliphatic carbocycles. The molecule has 3 amide bonds. The summed E-state index contributed by atoms with van der Waals surface area (Å²) in [5, 5.41) is 2.76. The highest BCUT2D eigenvalue weighted by Crippen LogP contribution is 2.32. The van der Waals surface area contributed by atoms with Crippen LogP contribution in [0.1, 0.15) is 18.9 Å². The van der Waals surface area contributed by atoms with Gasteiger partial charge in [-0.25, -0.2) is 9.18 Å². The molecule has 26 heavy (non-hydrogen) atoms. The van der Waals surface area contributed by atoms with Crippen molar-refractivity contribution in [2.45, 2.75) is 18.9 Å². The lowest BCUT2D eigenvalue weighted by atomic mass is 9.87. The Morgan fingerprint density at radius 2 is 1.92 bits per heavy atom. The Kier molecular flexibility index (Phi) is 5.27. The van der Waals surface area contributed by atoms with Crippen molar-refractivity contribution in [3.05, 3.63) is 64.4 Å². The second-order valence-electron chi connectivity index (χ2n) is 5.96. The van der Waals surface area contributed by atoms with Gasteiger partial charge in [0.2, 0.25) is 0 Å². The van der Waals surface area contributed by atoms with Gasteiger partial charge in [-0.05, 0) is 42.3 Å². The van der Waals surface area contributed by atoms with Crippen LogP contribution in [0.4, 0.5) is 9.18 Å². The molecule has 2 aromatic carbocycles. The molecule has 1 aliphatic heterocycles. The SMILES string of the molecule is CCC1(c2ccc(F)cc2)NC(=O)N(CCOc2cccc(Br)c2)C1=O. The molecule has 1 unspecified atom stereocenters. The predicted octanol–water partition coefficient (Wildman–Crippen LogP) is 3.82. The predicted molar refractivity (Wildman–Crippen MR) is 98.3 cm³/mol. The van der Waals surface area contributed by atoms with Crippen molar-refractivity contribution in [3.63, 3.8) is 0 Å². The molecule has 7 heteroatoms. The zero-order valence-electron chi connectivity index (χ0n) is 14.2. The second-order valence-corrected chi connectivity index (χ2v) is 6.87. The van der Waals surface area contributed by atoms with Gasteiger partial charge in [-0.1, -0.05) is 41.1 Å². The van der Waals surface area contributed by atoms with E-state index in [1.165, 1.54) is 24.3 Å². The van der Waals surface area contributed by atoms with Crippen molar-refractivity contribution in [1.82, 2.24) is 10.2 Å². The normalized spacial score (nSPS) is 19.6. The molecule has 0 spiro atoms. The van der Waals surface area contributed by atoms with Gasteiger partial charge in [0, 0.05) is 4.47 Å². The van der Waals surface area contributed by atoms with Gasteiger partial charge in [-0.2, -0.15) is 0 Å². The van der Waals surface area contributed by atoms with Crippen LogP contribution in [0.2, 0.25) is 0 Å². The molecule has 1 N–H and O–H groups in total. The fourth-order valence-electron chi connectivity index (χ4n) is 3.01. The average molecular weight is 421 g/mol. The third-order valence-corrected chi connectivity index (χ3v) is 4.92. The molecule has 0 radical (unpaired) electrons. The number of benzene rings is 2. The van der Waals surface area contributed by atoms with E-state index in [1.807, 2.05) is 19.1 Å². The van der Waals surface area contributed by atoms with Crippen LogP contribution in [0.5, 0.6) is 5.75 Å². The highest BCUT2D eigenvalue weighted by Gasteiger charge is 2.51. The van der Waals surface area contributed by atoms with Crippen LogP contribution in [0, 0.1) is 5.82 Å². The Morgan fingerprint density at radius 1 is 1.19 bits per heavy atom. The summed E-state index contributed by atoms with van der Waals surface area (Å²) in [6.07, 6.45) is 0.367. The number of hydrogen-bond donors (Lipinski definition) is 1. The van der Waals surface area contributed by atoms with E-state index >= 15 is 0 Å². The molecule has 5 nitrogen and oxygen atoms in total. The van der Waals surface area contributed by atoms with E-state index < -0.39 is 17.4 Å². The fourth-order valence-corrected chi connectivity index (χ4v) is 3.39. The van der Waals surface area contributed by atoms with Gasteiger partial charge in [-0.15, -0.1) is 0 Å². The summed E-state index contributed by atoms with van der Waals surface area (Å²) in [5.74, 6) is -0.0998. The Labute approximate surface area is 159 Å². The van der Waals surface area contributed by atoms with Crippen LogP contribution >= 0.6 is 15.9 Å². The number of ether oxygens (including phenoxy) is 1. The van der Waals surface area contributed by atoms with Crippen LogP contribution in [-0.4, -0.2) is 30.0 Å². The number of urea groups is 1. The van der Waals surface area contributed by atoms with Gasteiger partial charge in [0.25, 0.3) is 5.91 Å². The summed E-state index contributed by atoms with van der Waals surface area (Å²) in [7, 11) is 0. The molecule has 1 saturated heterocycles. The van der Waals surface area contributed by atoms with Crippen LogP contribution in [0.25, 0.3) is 0 Å². The molecular formula is C19H18BrFN2O3. The number of carbonyl (C=O) groups is 2. The van der Waals surface area contributed by atoms with Gasteiger partial charge >= 0.3 is 6.03 Å². The first-order chi connectivity index (χ1) is 12.5. The fraction of sp³-hybridized carbons (Fsp3) is 0.263. The van der Waals surface area contributed by atoms with Gasteiger partial charge in [-0.3, -0.25) is 9.69 Å². The molecule has 3 rings (SSSR count).